The molecular formula is C13H12N4O2. The average molecular weight is 256 g/mol. The first-order chi connectivity index (χ1) is 9.29. The van der Waals surface area contributed by atoms with E-state index in [0.29, 0.717) is 17.9 Å². The van der Waals surface area contributed by atoms with Gasteiger partial charge in [-0.1, -0.05) is 12.1 Å². The van der Waals surface area contributed by atoms with Crippen LogP contribution in [-0.4, -0.2) is 22.7 Å². The van der Waals surface area contributed by atoms with Crippen molar-refractivity contribution >= 4 is 5.91 Å². The molecule has 2 N–H and O–H groups in total. The van der Waals surface area contributed by atoms with Crippen molar-refractivity contribution in [2.75, 3.05) is 6.61 Å². The zero-order chi connectivity index (χ0) is 13.5. The summed E-state index contributed by atoms with van der Waals surface area (Å²) in [6.07, 6.45) is 1.61. The molecular weight excluding hydrogens is 244 g/mol. The molecule has 2 aromatic rings. The molecule has 0 unspecified atom stereocenters. The highest BCUT2D eigenvalue weighted by atomic mass is 16.5. The number of aromatic nitrogens is 2. The van der Waals surface area contributed by atoms with Crippen molar-refractivity contribution in [3.8, 4) is 11.8 Å². The van der Waals surface area contributed by atoms with Crippen molar-refractivity contribution in [3.05, 3.63) is 47.8 Å². The van der Waals surface area contributed by atoms with Gasteiger partial charge in [-0.25, -0.2) is 0 Å². The Labute approximate surface area is 110 Å². The number of nitrogens with one attached hydrogen (secondary N) is 2. The van der Waals surface area contributed by atoms with Gasteiger partial charge < -0.3 is 10.1 Å². The van der Waals surface area contributed by atoms with Crippen LogP contribution in [0, 0.1) is 11.3 Å². The fourth-order valence-electron chi connectivity index (χ4n) is 1.46. The standard InChI is InChI=1S/C13H12N4O2/c14-7-10-3-1-2-4-12(10)19-9-13(18)15-8-11-5-6-16-17-11/h1-6H,8-9H2,(H,15,18)(H,16,17). The zero-order valence-corrected chi connectivity index (χ0v) is 10.1. The molecule has 0 saturated heterocycles. The molecule has 0 aliphatic rings. The Morgan fingerprint density at radius 2 is 2.26 bits per heavy atom. The van der Waals surface area contributed by atoms with Crippen molar-refractivity contribution in [2.24, 2.45) is 0 Å². The van der Waals surface area contributed by atoms with Crippen LogP contribution < -0.4 is 10.1 Å². The third-order valence-electron chi connectivity index (χ3n) is 2.40. The molecule has 0 spiro atoms. The molecule has 0 atom stereocenters. The molecule has 0 aliphatic heterocycles. The van der Waals surface area contributed by atoms with Gasteiger partial charge in [0.25, 0.3) is 5.91 Å². The lowest BCUT2D eigenvalue weighted by Gasteiger charge is -2.07. The maximum absolute atomic E-state index is 11.6. The largest absolute Gasteiger partial charge is 0.482 e. The number of hydrogen-bond donors (Lipinski definition) is 2. The molecule has 0 aliphatic carbocycles. The van der Waals surface area contributed by atoms with Gasteiger partial charge in [0.1, 0.15) is 11.8 Å². The van der Waals surface area contributed by atoms with E-state index in [1.807, 2.05) is 6.07 Å². The quantitative estimate of drug-likeness (QED) is 0.834. The molecule has 0 bridgehead atoms. The molecule has 1 amide bonds. The lowest BCUT2D eigenvalue weighted by Crippen LogP contribution is -2.28. The highest BCUT2D eigenvalue weighted by molar-refractivity contribution is 5.77. The molecule has 1 aromatic heterocycles. The van der Waals surface area contributed by atoms with Crippen LogP contribution in [0.5, 0.6) is 5.75 Å². The summed E-state index contributed by atoms with van der Waals surface area (Å²) in [7, 11) is 0. The Bertz CT molecular complexity index is 587. The number of nitriles is 1. The Hall–Kier alpha value is -2.81. The number of ether oxygens (including phenoxy) is 1. The minimum absolute atomic E-state index is 0.132. The fourth-order valence-corrected chi connectivity index (χ4v) is 1.46. The summed E-state index contributed by atoms with van der Waals surface area (Å²) >= 11 is 0. The maximum atomic E-state index is 11.6. The van der Waals surface area contributed by atoms with Gasteiger partial charge in [0, 0.05) is 6.20 Å². The van der Waals surface area contributed by atoms with Gasteiger partial charge in [-0.2, -0.15) is 10.4 Å². The third kappa shape index (κ3) is 3.57. The second kappa shape index (κ2) is 6.21. The SMILES string of the molecule is N#Cc1ccccc1OCC(=O)NCc1ccn[nH]1. The van der Waals surface area contributed by atoms with Crippen molar-refractivity contribution in [2.45, 2.75) is 6.54 Å². The van der Waals surface area contributed by atoms with Crippen LogP contribution in [-0.2, 0) is 11.3 Å². The van der Waals surface area contributed by atoms with Crippen LogP contribution >= 0.6 is 0 Å². The number of rotatable bonds is 5. The van der Waals surface area contributed by atoms with Crippen LogP contribution in [0.1, 0.15) is 11.3 Å². The van der Waals surface area contributed by atoms with E-state index in [9.17, 15) is 4.79 Å². The van der Waals surface area contributed by atoms with Gasteiger partial charge in [-0.05, 0) is 18.2 Å². The molecule has 19 heavy (non-hydrogen) atoms. The smallest absolute Gasteiger partial charge is 0.258 e. The Morgan fingerprint density at radius 1 is 1.42 bits per heavy atom. The van der Waals surface area contributed by atoms with Gasteiger partial charge in [0.2, 0.25) is 0 Å². The number of H-pyrrole nitrogens is 1. The number of nitrogens with zero attached hydrogens (tertiary/aromatic N) is 2. The first-order valence-electron chi connectivity index (χ1n) is 5.66. The molecule has 1 heterocycles. The molecule has 1 aromatic carbocycles. The number of hydrogen-bond acceptors (Lipinski definition) is 4. The van der Waals surface area contributed by atoms with Crippen molar-refractivity contribution in [3.63, 3.8) is 0 Å². The summed E-state index contributed by atoms with van der Waals surface area (Å²) in [5, 5.41) is 18.1. The summed E-state index contributed by atoms with van der Waals surface area (Å²) in [5.41, 5.74) is 1.22. The van der Waals surface area contributed by atoms with Crippen molar-refractivity contribution < 1.29 is 9.53 Å². The predicted molar refractivity (Wildman–Crippen MR) is 67.1 cm³/mol. The minimum atomic E-state index is -0.262. The minimum Gasteiger partial charge on any atom is -0.482 e. The van der Waals surface area contributed by atoms with E-state index in [1.54, 1.807) is 36.5 Å². The number of benzene rings is 1. The molecule has 0 radical (unpaired) electrons. The first kappa shape index (κ1) is 12.6. The lowest BCUT2D eigenvalue weighted by molar-refractivity contribution is -0.123. The second-order valence-electron chi connectivity index (χ2n) is 3.76. The first-order valence-corrected chi connectivity index (χ1v) is 5.66. The van der Waals surface area contributed by atoms with Crippen LogP contribution in [0.2, 0.25) is 0 Å². The van der Waals surface area contributed by atoms with E-state index in [0.717, 1.165) is 5.69 Å². The van der Waals surface area contributed by atoms with Crippen molar-refractivity contribution in [1.29, 1.82) is 5.26 Å². The van der Waals surface area contributed by atoms with E-state index < -0.39 is 0 Å². The Balaban J connectivity index is 1.82. The molecule has 6 heteroatoms. The van der Waals surface area contributed by atoms with E-state index >= 15 is 0 Å². The number of carbonyl (C=O) groups excluding carboxylic acids is 1. The number of carbonyl (C=O) groups is 1. The Kier molecular flexibility index (Phi) is 4.13. The highest BCUT2D eigenvalue weighted by Gasteiger charge is 2.06. The van der Waals surface area contributed by atoms with Gasteiger partial charge in [-0.3, -0.25) is 9.89 Å². The summed E-state index contributed by atoms with van der Waals surface area (Å²) in [5.74, 6) is 0.143. The van der Waals surface area contributed by atoms with Crippen LogP contribution in [0.4, 0.5) is 0 Å². The summed E-state index contributed by atoms with van der Waals surface area (Å²) in [6.45, 7) is 0.231. The van der Waals surface area contributed by atoms with Gasteiger partial charge >= 0.3 is 0 Å². The van der Waals surface area contributed by atoms with Gasteiger partial charge in [-0.15, -0.1) is 0 Å². The summed E-state index contributed by atoms with van der Waals surface area (Å²) in [6, 6.07) is 10.6. The second-order valence-corrected chi connectivity index (χ2v) is 3.76. The summed E-state index contributed by atoms with van der Waals surface area (Å²) in [4.78, 5) is 11.6. The van der Waals surface area contributed by atoms with E-state index in [-0.39, 0.29) is 12.5 Å². The lowest BCUT2D eigenvalue weighted by atomic mass is 10.2. The van der Waals surface area contributed by atoms with E-state index in [2.05, 4.69) is 15.5 Å². The van der Waals surface area contributed by atoms with Gasteiger partial charge in [0.05, 0.1) is 17.8 Å². The zero-order valence-electron chi connectivity index (χ0n) is 10.1. The number of amides is 1. The third-order valence-corrected chi connectivity index (χ3v) is 2.40. The monoisotopic (exact) mass is 256 g/mol. The number of aromatic amines is 1. The van der Waals surface area contributed by atoms with Crippen LogP contribution in [0.3, 0.4) is 0 Å². The molecule has 0 fully saturated rings. The number of para-hydroxylation sites is 1. The van der Waals surface area contributed by atoms with Gasteiger partial charge in [0.15, 0.2) is 6.61 Å². The van der Waals surface area contributed by atoms with Crippen LogP contribution in [0.25, 0.3) is 0 Å². The topological polar surface area (TPSA) is 90.8 Å². The normalized spacial score (nSPS) is 9.63. The highest BCUT2D eigenvalue weighted by Crippen LogP contribution is 2.16. The summed E-state index contributed by atoms with van der Waals surface area (Å²) < 4.78 is 5.30. The van der Waals surface area contributed by atoms with Crippen LogP contribution in [0.15, 0.2) is 36.5 Å². The molecule has 0 saturated carbocycles. The molecule has 2 rings (SSSR count). The molecule has 6 nitrogen and oxygen atoms in total. The maximum Gasteiger partial charge on any atom is 0.258 e. The van der Waals surface area contributed by atoms with E-state index in [1.165, 1.54) is 0 Å². The molecule has 96 valence electrons. The Morgan fingerprint density at radius 3 is 3.00 bits per heavy atom. The van der Waals surface area contributed by atoms with Crippen molar-refractivity contribution in [1.82, 2.24) is 15.5 Å². The predicted octanol–water partition coefficient (Wildman–Crippen LogP) is 0.977. The average Bonchev–Trinajstić information content (AvgIpc) is 2.96. The van der Waals surface area contributed by atoms with E-state index in [4.69, 9.17) is 10.00 Å². The fraction of sp³-hybridized carbons (Fsp3) is 0.154.